The lowest BCUT2D eigenvalue weighted by molar-refractivity contribution is -0.121. The average Bonchev–Trinajstić information content (AvgIpc) is 3.23. The molecule has 3 rings (SSSR count). The Morgan fingerprint density at radius 2 is 2.14 bits per heavy atom. The van der Waals surface area contributed by atoms with Gasteiger partial charge >= 0.3 is 0 Å². The van der Waals surface area contributed by atoms with E-state index in [2.05, 4.69) is 5.32 Å². The fraction of sp³-hybridized carbons (Fsp3) is 0.588. The molecular formula is C17H23NO4. The van der Waals surface area contributed by atoms with Gasteiger partial charge in [0.05, 0.1) is 0 Å². The molecule has 5 heteroatoms. The minimum atomic E-state index is 0.0832. The Labute approximate surface area is 130 Å². The van der Waals surface area contributed by atoms with E-state index >= 15 is 0 Å². The van der Waals surface area contributed by atoms with Crippen molar-refractivity contribution in [1.82, 2.24) is 5.32 Å². The zero-order chi connectivity index (χ0) is 15.2. The Bertz CT molecular complexity index is 513. The molecule has 0 spiro atoms. The number of nitrogens with one attached hydrogen (secondary N) is 1. The first kappa shape index (κ1) is 15.2. The fourth-order valence-electron chi connectivity index (χ4n) is 2.38. The van der Waals surface area contributed by atoms with Gasteiger partial charge in [-0.1, -0.05) is 6.07 Å². The number of benzene rings is 1. The molecule has 1 amide bonds. The second-order valence-corrected chi connectivity index (χ2v) is 5.91. The Kier molecular flexibility index (Phi) is 5.16. The van der Waals surface area contributed by atoms with Crippen molar-refractivity contribution in [3.05, 3.63) is 23.8 Å². The summed E-state index contributed by atoms with van der Waals surface area (Å²) in [6, 6.07) is 5.82. The monoisotopic (exact) mass is 305 g/mol. The quantitative estimate of drug-likeness (QED) is 0.711. The lowest BCUT2D eigenvalue weighted by Gasteiger charge is -2.06. The van der Waals surface area contributed by atoms with Crippen LogP contribution < -0.4 is 14.8 Å². The lowest BCUT2D eigenvalue weighted by atomic mass is 10.1. The topological polar surface area (TPSA) is 56.8 Å². The maximum atomic E-state index is 11.8. The van der Waals surface area contributed by atoms with Gasteiger partial charge in [-0.2, -0.15) is 0 Å². The van der Waals surface area contributed by atoms with Crippen molar-refractivity contribution >= 4 is 5.91 Å². The highest BCUT2D eigenvalue weighted by atomic mass is 16.7. The van der Waals surface area contributed by atoms with Crippen molar-refractivity contribution in [1.29, 1.82) is 0 Å². The maximum Gasteiger partial charge on any atom is 0.231 e. The van der Waals surface area contributed by atoms with Gasteiger partial charge in [0.2, 0.25) is 12.7 Å². The molecule has 1 heterocycles. The molecule has 0 aromatic heterocycles. The van der Waals surface area contributed by atoms with E-state index in [4.69, 9.17) is 14.2 Å². The molecule has 1 fully saturated rings. The van der Waals surface area contributed by atoms with Crippen molar-refractivity contribution in [2.45, 2.75) is 32.1 Å². The van der Waals surface area contributed by atoms with E-state index in [-0.39, 0.29) is 12.7 Å². The highest BCUT2D eigenvalue weighted by Crippen LogP contribution is 2.32. The maximum absolute atomic E-state index is 11.8. The summed E-state index contributed by atoms with van der Waals surface area (Å²) >= 11 is 0. The summed E-state index contributed by atoms with van der Waals surface area (Å²) in [7, 11) is 0. The summed E-state index contributed by atoms with van der Waals surface area (Å²) in [5, 5.41) is 2.93. The summed E-state index contributed by atoms with van der Waals surface area (Å²) in [5.41, 5.74) is 1.09. The zero-order valence-electron chi connectivity index (χ0n) is 12.8. The van der Waals surface area contributed by atoms with Crippen LogP contribution in [-0.2, 0) is 16.0 Å². The van der Waals surface area contributed by atoms with E-state index in [0.29, 0.717) is 19.4 Å². The minimum Gasteiger partial charge on any atom is -0.454 e. The number of rotatable bonds is 9. The highest BCUT2D eigenvalue weighted by Gasteiger charge is 2.20. The number of fused-ring (bicyclic) bond motifs is 1. The van der Waals surface area contributed by atoms with Crippen LogP contribution in [0.2, 0.25) is 0 Å². The van der Waals surface area contributed by atoms with Gasteiger partial charge in [0.1, 0.15) is 0 Å². The van der Waals surface area contributed by atoms with Crippen LogP contribution in [0.3, 0.4) is 0 Å². The van der Waals surface area contributed by atoms with E-state index < -0.39 is 0 Å². The number of hydrogen-bond acceptors (Lipinski definition) is 4. The van der Waals surface area contributed by atoms with Gasteiger partial charge in [0.15, 0.2) is 11.5 Å². The molecule has 22 heavy (non-hydrogen) atoms. The fourth-order valence-corrected chi connectivity index (χ4v) is 2.38. The standard InChI is InChI=1S/C17H23NO4/c19-17(18-8-1-9-20-11-14-2-3-14)7-5-13-4-6-15-16(10-13)22-12-21-15/h4,6,10,14H,1-3,5,7-9,11-12H2,(H,18,19). The van der Waals surface area contributed by atoms with Gasteiger partial charge in [-0.15, -0.1) is 0 Å². The number of ether oxygens (including phenoxy) is 3. The predicted octanol–water partition coefficient (Wildman–Crippen LogP) is 2.28. The van der Waals surface area contributed by atoms with Crippen molar-refractivity contribution in [2.24, 2.45) is 5.92 Å². The molecule has 5 nitrogen and oxygen atoms in total. The second-order valence-electron chi connectivity index (χ2n) is 5.91. The molecule has 1 aliphatic carbocycles. The first-order valence-electron chi connectivity index (χ1n) is 8.04. The van der Waals surface area contributed by atoms with E-state index in [9.17, 15) is 4.79 Å². The smallest absolute Gasteiger partial charge is 0.231 e. The molecule has 1 saturated carbocycles. The summed E-state index contributed by atoms with van der Waals surface area (Å²) in [5.74, 6) is 2.43. The van der Waals surface area contributed by atoms with Crippen molar-refractivity contribution in [3.8, 4) is 11.5 Å². The van der Waals surface area contributed by atoms with E-state index in [1.54, 1.807) is 0 Å². The van der Waals surface area contributed by atoms with Crippen LogP contribution in [0.1, 0.15) is 31.2 Å². The van der Waals surface area contributed by atoms with E-state index in [1.165, 1.54) is 12.8 Å². The number of aryl methyl sites for hydroxylation is 1. The molecule has 1 N–H and O–H groups in total. The zero-order valence-corrected chi connectivity index (χ0v) is 12.8. The van der Waals surface area contributed by atoms with Gasteiger partial charge in [-0.05, 0) is 49.3 Å². The Morgan fingerprint density at radius 3 is 3.00 bits per heavy atom. The first-order valence-corrected chi connectivity index (χ1v) is 8.04. The van der Waals surface area contributed by atoms with Crippen LogP contribution in [-0.4, -0.2) is 32.5 Å². The van der Waals surface area contributed by atoms with Gasteiger partial charge in [0, 0.05) is 26.2 Å². The molecule has 0 saturated heterocycles. The third-order valence-corrected chi connectivity index (χ3v) is 3.92. The molecule has 1 aromatic carbocycles. The first-order chi connectivity index (χ1) is 10.8. The molecule has 1 aliphatic heterocycles. The minimum absolute atomic E-state index is 0.0832. The van der Waals surface area contributed by atoms with Crippen LogP contribution in [0.4, 0.5) is 0 Å². The summed E-state index contributed by atoms with van der Waals surface area (Å²) in [4.78, 5) is 11.8. The summed E-state index contributed by atoms with van der Waals surface area (Å²) < 4.78 is 16.1. The second kappa shape index (κ2) is 7.49. The van der Waals surface area contributed by atoms with Crippen LogP contribution in [0.5, 0.6) is 11.5 Å². The van der Waals surface area contributed by atoms with E-state index in [1.807, 2.05) is 18.2 Å². The molecule has 0 radical (unpaired) electrons. The lowest BCUT2D eigenvalue weighted by Crippen LogP contribution is -2.25. The Balaban J connectivity index is 1.27. The molecule has 0 atom stereocenters. The molecule has 0 bridgehead atoms. The number of amides is 1. The SMILES string of the molecule is O=C(CCc1ccc2c(c1)OCO2)NCCCOCC1CC1. The Hall–Kier alpha value is -1.75. The summed E-state index contributed by atoms with van der Waals surface area (Å²) in [6.07, 6.45) is 4.71. The van der Waals surface area contributed by atoms with Crippen molar-refractivity contribution in [2.75, 3.05) is 26.6 Å². The van der Waals surface area contributed by atoms with Gasteiger partial charge in [-0.3, -0.25) is 4.79 Å². The van der Waals surface area contributed by atoms with Crippen LogP contribution in [0, 0.1) is 5.92 Å². The largest absolute Gasteiger partial charge is 0.454 e. The number of hydrogen-bond donors (Lipinski definition) is 1. The predicted molar refractivity (Wildman–Crippen MR) is 82.1 cm³/mol. The third-order valence-electron chi connectivity index (χ3n) is 3.92. The Morgan fingerprint density at radius 1 is 1.27 bits per heavy atom. The average molecular weight is 305 g/mol. The molecule has 0 unspecified atom stereocenters. The normalized spacial score (nSPS) is 15.8. The molecule has 120 valence electrons. The number of carbonyl (C=O) groups is 1. The van der Waals surface area contributed by atoms with Crippen molar-refractivity contribution in [3.63, 3.8) is 0 Å². The summed E-state index contributed by atoms with van der Waals surface area (Å²) in [6.45, 7) is 2.59. The van der Waals surface area contributed by atoms with E-state index in [0.717, 1.165) is 42.6 Å². The molecule has 1 aromatic rings. The number of carbonyl (C=O) groups excluding carboxylic acids is 1. The molecular weight excluding hydrogens is 282 g/mol. The van der Waals surface area contributed by atoms with Gasteiger partial charge < -0.3 is 19.5 Å². The van der Waals surface area contributed by atoms with Crippen molar-refractivity contribution < 1.29 is 19.0 Å². The highest BCUT2D eigenvalue weighted by molar-refractivity contribution is 5.76. The van der Waals surface area contributed by atoms with Crippen LogP contribution in [0.25, 0.3) is 0 Å². The third kappa shape index (κ3) is 4.63. The van der Waals surface area contributed by atoms with Crippen LogP contribution in [0.15, 0.2) is 18.2 Å². The molecule has 2 aliphatic rings. The van der Waals surface area contributed by atoms with Crippen LogP contribution >= 0.6 is 0 Å². The van der Waals surface area contributed by atoms with Gasteiger partial charge in [0.25, 0.3) is 0 Å². The van der Waals surface area contributed by atoms with Gasteiger partial charge in [-0.25, -0.2) is 0 Å².